The molecule has 0 radical (unpaired) electrons. The number of nitrogens with one attached hydrogen (secondary N) is 2. The van der Waals surface area contributed by atoms with Crippen LogP contribution >= 0.6 is 0 Å². The van der Waals surface area contributed by atoms with Crippen LogP contribution in [0.1, 0.15) is 66.7 Å². The van der Waals surface area contributed by atoms with E-state index in [-0.39, 0.29) is 5.91 Å². The van der Waals surface area contributed by atoms with Crippen LogP contribution < -0.4 is 5.32 Å². The van der Waals surface area contributed by atoms with Gasteiger partial charge < -0.3 is 5.32 Å². The Morgan fingerprint density at radius 1 is 1.36 bits per heavy atom. The van der Waals surface area contributed by atoms with Gasteiger partial charge in [0.25, 0.3) is 5.91 Å². The molecule has 2 N–H and O–H groups in total. The number of aromatic nitrogens is 3. The summed E-state index contributed by atoms with van der Waals surface area (Å²) >= 11 is 0. The van der Waals surface area contributed by atoms with Crippen molar-refractivity contribution >= 4 is 11.7 Å². The van der Waals surface area contributed by atoms with Crippen LogP contribution in [-0.4, -0.2) is 21.1 Å². The third-order valence-electron chi connectivity index (χ3n) is 4.38. The second-order valence-electron chi connectivity index (χ2n) is 5.86. The number of rotatable bonds is 4. The number of aromatic amines is 1. The van der Waals surface area contributed by atoms with Crippen molar-refractivity contribution in [2.24, 2.45) is 0 Å². The standard InChI is InChI=1S/C17H22N4O/c1-2-12-9-6-10-18-16(12)19-17(22)15-11-14(20-21-15)13-7-4-3-5-8-13/h6,9-11,13H,2-5,7-8H2,1H3,(H,20,21)(H,18,19,22). The second kappa shape index (κ2) is 6.73. The summed E-state index contributed by atoms with van der Waals surface area (Å²) in [4.78, 5) is 16.6. The molecule has 1 aliphatic carbocycles. The molecule has 116 valence electrons. The smallest absolute Gasteiger partial charge is 0.277 e. The maximum Gasteiger partial charge on any atom is 0.277 e. The van der Waals surface area contributed by atoms with Gasteiger partial charge in [0, 0.05) is 17.8 Å². The number of H-pyrrole nitrogens is 1. The molecule has 0 spiro atoms. The summed E-state index contributed by atoms with van der Waals surface area (Å²) in [6.45, 7) is 2.04. The minimum Gasteiger partial charge on any atom is -0.305 e. The Balaban J connectivity index is 1.71. The zero-order valence-corrected chi connectivity index (χ0v) is 12.9. The first-order valence-electron chi connectivity index (χ1n) is 8.08. The molecule has 1 aliphatic rings. The van der Waals surface area contributed by atoms with Crippen LogP contribution in [0.2, 0.25) is 0 Å². The predicted octanol–water partition coefficient (Wildman–Crippen LogP) is 3.67. The lowest BCUT2D eigenvalue weighted by molar-refractivity contribution is 0.102. The van der Waals surface area contributed by atoms with Gasteiger partial charge in [0.2, 0.25) is 0 Å². The van der Waals surface area contributed by atoms with Gasteiger partial charge >= 0.3 is 0 Å². The second-order valence-corrected chi connectivity index (χ2v) is 5.86. The van der Waals surface area contributed by atoms with Crippen molar-refractivity contribution in [3.8, 4) is 0 Å². The third kappa shape index (κ3) is 3.18. The molecular formula is C17H22N4O. The van der Waals surface area contributed by atoms with Gasteiger partial charge in [-0.05, 0) is 37.0 Å². The van der Waals surface area contributed by atoms with E-state index in [0.717, 1.165) is 17.7 Å². The maximum absolute atomic E-state index is 12.3. The third-order valence-corrected chi connectivity index (χ3v) is 4.38. The molecule has 0 bridgehead atoms. The van der Waals surface area contributed by atoms with Crippen molar-refractivity contribution in [1.29, 1.82) is 0 Å². The molecule has 0 aliphatic heterocycles. The minimum absolute atomic E-state index is 0.202. The number of hydrogen-bond donors (Lipinski definition) is 2. The number of hydrogen-bond acceptors (Lipinski definition) is 3. The number of carbonyl (C=O) groups excluding carboxylic acids is 1. The zero-order chi connectivity index (χ0) is 15.4. The van der Waals surface area contributed by atoms with Gasteiger partial charge in [0.05, 0.1) is 0 Å². The van der Waals surface area contributed by atoms with E-state index in [9.17, 15) is 4.79 Å². The highest BCUT2D eigenvalue weighted by Gasteiger charge is 2.20. The van der Waals surface area contributed by atoms with E-state index in [4.69, 9.17) is 0 Å². The van der Waals surface area contributed by atoms with Gasteiger partial charge in [-0.3, -0.25) is 9.89 Å². The Hall–Kier alpha value is -2.17. The lowest BCUT2D eigenvalue weighted by Crippen LogP contribution is -2.14. The van der Waals surface area contributed by atoms with Crippen molar-refractivity contribution in [2.45, 2.75) is 51.4 Å². The first-order chi connectivity index (χ1) is 10.8. The van der Waals surface area contributed by atoms with E-state index in [1.807, 2.05) is 25.1 Å². The van der Waals surface area contributed by atoms with Crippen LogP contribution in [-0.2, 0) is 6.42 Å². The van der Waals surface area contributed by atoms with Crippen molar-refractivity contribution in [3.63, 3.8) is 0 Å². The van der Waals surface area contributed by atoms with Crippen LogP contribution in [0.4, 0.5) is 5.82 Å². The van der Waals surface area contributed by atoms with Gasteiger partial charge in [-0.1, -0.05) is 32.3 Å². The van der Waals surface area contributed by atoms with Crippen molar-refractivity contribution < 1.29 is 4.79 Å². The molecular weight excluding hydrogens is 276 g/mol. The van der Waals surface area contributed by atoms with Gasteiger partial charge in [0.15, 0.2) is 5.69 Å². The van der Waals surface area contributed by atoms with E-state index in [1.54, 1.807) is 6.20 Å². The summed E-state index contributed by atoms with van der Waals surface area (Å²) < 4.78 is 0. The molecule has 0 saturated heterocycles. The fraction of sp³-hybridized carbons (Fsp3) is 0.471. The van der Waals surface area contributed by atoms with Crippen LogP contribution in [0.5, 0.6) is 0 Å². The van der Waals surface area contributed by atoms with Gasteiger partial charge in [0.1, 0.15) is 5.82 Å². The Morgan fingerprint density at radius 3 is 2.95 bits per heavy atom. The average molecular weight is 298 g/mol. The van der Waals surface area contributed by atoms with Crippen LogP contribution in [0.25, 0.3) is 0 Å². The number of pyridine rings is 1. The molecule has 2 aromatic heterocycles. The molecule has 2 heterocycles. The summed E-state index contributed by atoms with van der Waals surface area (Å²) in [6.07, 6.45) is 8.73. The topological polar surface area (TPSA) is 70.7 Å². The van der Waals surface area contributed by atoms with E-state index in [1.165, 1.54) is 32.1 Å². The SMILES string of the molecule is CCc1cccnc1NC(=O)c1cc(C2CCCCC2)[nH]n1. The van der Waals surface area contributed by atoms with E-state index in [2.05, 4.69) is 20.5 Å². The first kappa shape index (κ1) is 14.8. The fourth-order valence-corrected chi connectivity index (χ4v) is 3.08. The number of anilines is 1. The average Bonchev–Trinajstić information content (AvgIpc) is 3.06. The fourth-order valence-electron chi connectivity index (χ4n) is 3.08. The van der Waals surface area contributed by atoms with E-state index >= 15 is 0 Å². The molecule has 0 unspecified atom stereocenters. The van der Waals surface area contributed by atoms with E-state index in [0.29, 0.717) is 17.4 Å². The molecule has 3 rings (SSSR count). The van der Waals surface area contributed by atoms with Crippen molar-refractivity contribution in [3.05, 3.63) is 41.3 Å². The molecule has 22 heavy (non-hydrogen) atoms. The Kier molecular flexibility index (Phi) is 4.51. The predicted molar refractivity (Wildman–Crippen MR) is 86.0 cm³/mol. The lowest BCUT2D eigenvalue weighted by atomic mass is 9.87. The van der Waals surface area contributed by atoms with Crippen LogP contribution in [0.3, 0.4) is 0 Å². The monoisotopic (exact) mass is 298 g/mol. The first-order valence-corrected chi connectivity index (χ1v) is 8.08. The number of aryl methyl sites for hydroxylation is 1. The molecule has 0 atom stereocenters. The summed E-state index contributed by atoms with van der Waals surface area (Å²) in [5, 5.41) is 10.1. The molecule has 0 aromatic carbocycles. The number of amides is 1. The van der Waals surface area contributed by atoms with Gasteiger partial charge in [-0.25, -0.2) is 4.98 Å². The lowest BCUT2D eigenvalue weighted by Gasteiger charge is -2.19. The molecule has 2 aromatic rings. The highest BCUT2D eigenvalue weighted by atomic mass is 16.2. The number of carbonyl (C=O) groups is 1. The van der Waals surface area contributed by atoms with Crippen molar-refractivity contribution in [2.75, 3.05) is 5.32 Å². The zero-order valence-electron chi connectivity index (χ0n) is 12.9. The molecule has 5 nitrogen and oxygen atoms in total. The largest absolute Gasteiger partial charge is 0.305 e. The number of nitrogens with zero attached hydrogens (tertiary/aromatic N) is 2. The normalized spacial score (nSPS) is 15.7. The summed E-state index contributed by atoms with van der Waals surface area (Å²) in [6, 6.07) is 5.74. The minimum atomic E-state index is -0.202. The molecule has 1 amide bonds. The maximum atomic E-state index is 12.3. The van der Waals surface area contributed by atoms with Crippen molar-refractivity contribution in [1.82, 2.24) is 15.2 Å². The van der Waals surface area contributed by atoms with E-state index < -0.39 is 0 Å². The molecule has 5 heteroatoms. The molecule has 1 fully saturated rings. The highest BCUT2D eigenvalue weighted by Crippen LogP contribution is 2.31. The Bertz CT molecular complexity index is 644. The van der Waals surface area contributed by atoms with Crippen LogP contribution in [0, 0.1) is 0 Å². The Morgan fingerprint density at radius 2 is 2.18 bits per heavy atom. The molecule has 1 saturated carbocycles. The Labute approximate surface area is 130 Å². The quantitative estimate of drug-likeness (QED) is 0.904. The summed E-state index contributed by atoms with van der Waals surface area (Å²) in [5.74, 6) is 0.938. The van der Waals surface area contributed by atoms with Gasteiger partial charge in [-0.15, -0.1) is 0 Å². The van der Waals surface area contributed by atoms with Gasteiger partial charge in [-0.2, -0.15) is 5.10 Å². The highest BCUT2D eigenvalue weighted by molar-refractivity contribution is 6.02. The summed E-state index contributed by atoms with van der Waals surface area (Å²) in [7, 11) is 0. The van der Waals surface area contributed by atoms with Crippen LogP contribution in [0.15, 0.2) is 24.4 Å². The summed E-state index contributed by atoms with van der Waals surface area (Å²) in [5.41, 5.74) is 2.55.